The van der Waals surface area contributed by atoms with Gasteiger partial charge in [-0.3, -0.25) is 4.79 Å². The number of amides is 1. The van der Waals surface area contributed by atoms with Crippen LogP contribution in [0.2, 0.25) is 0 Å². The molecule has 7 heteroatoms. The number of benzene rings is 2. The lowest BCUT2D eigenvalue weighted by atomic mass is 10.1. The van der Waals surface area contributed by atoms with E-state index in [-0.39, 0.29) is 12.3 Å². The van der Waals surface area contributed by atoms with Gasteiger partial charge in [0.25, 0.3) is 0 Å². The summed E-state index contributed by atoms with van der Waals surface area (Å²) >= 11 is 3.13. The van der Waals surface area contributed by atoms with Crippen LogP contribution in [-0.4, -0.2) is 23.0 Å². The van der Waals surface area contributed by atoms with E-state index in [2.05, 4.69) is 15.3 Å². The highest BCUT2D eigenvalue weighted by molar-refractivity contribution is 7.24. The number of aryl methyl sites for hydroxylation is 1. The van der Waals surface area contributed by atoms with Gasteiger partial charge in [-0.25, -0.2) is 9.97 Å². The van der Waals surface area contributed by atoms with E-state index in [1.807, 2.05) is 43.3 Å². The molecular weight excluding hydrogens is 354 g/mol. The van der Waals surface area contributed by atoms with Gasteiger partial charge in [-0.1, -0.05) is 23.5 Å². The number of nitrogens with zero attached hydrogens (tertiary/aromatic N) is 2. The zero-order valence-electron chi connectivity index (χ0n) is 13.7. The van der Waals surface area contributed by atoms with E-state index in [1.54, 1.807) is 18.4 Å². The van der Waals surface area contributed by atoms with E-state index in [0.717, 1.165) is 36.8 Å². The highest BCUT2D eigenvalue weighted by Gasteiger charge is 2.13. The molecule has 0 fully saturated rings. The fourth-order valence-electron chi connectivity index (χ4n) is 2.67. The number of fused-ring (bicyclic) bond motifs is 3. The Labute approximate surface area is 152 Å². The van der Waals surface area contributed by atoms with Gasteiger partial charge in [0.05, 0.1) is 33.5 Å². The molecule has 1 amide bonds. The maximum atomic E-state index is 12.3. The van der Waals surface area contributed by atoms with Gasteiger partial charge in [0, 0.05) is 0 Å². The number of rotatable bonds is 4. The highest BCUT2D eigenvalue weighted by atomic mass is 32.1. The minimum absolute atomic E-state index is 0.0991. The first-order valence-corrected chi connectivity index (χ1v) is 9.35. The van der Waals surface area contributed by atoms with Crippen LogP contribution in [0.15, 0.2) is 36.4 Å². The predicted molar refractivity (Wildman–Crippen MR) is 103 cm³/mol. The lowest BCUT2D eigenvalue weighted by molar-refractivity contribution is -0.115. The Kier molecular flexibility index (Phi) is 4.10. The SMILES string of the molecule is COc1cccc(CC(=O)Nc2nc3ccc4sc(C)nc4c3s2)c1. The van der Waals surface area contributed by atoms with Crippen molar-refractivity contribution in [1.29, 1.82) is 0 Å². The number of thiazole rings is 2. The van der Waals surface area contributed by atoms with Gasteiger partial charge in [-0.2, -0.15) is 0 Å². The zero-order chi connectivity index (χ0) is 17.4. The monoisotopic (exact) mass is 369 g/mol. The third-order valence-corrected chi connectivity index (χ3v) is 5.70. The molecule has 126 valence electrons. The van der Waals surface area contributed by atoms with Gasteiger partial charge < -0.3 is 10.1 Å². The number of ether oxygens (including phenoxy) is 1. The smallest absolute Gasteiger partial charge is 0.230 e. The van der Waals surface area contributed by atoms with Crippen molar-refractivity contribution in [3.63, 3.8) is 0 Å². The fraction of sp³-hybridized carbons (Fsp3) is 0.167. The average molecular weight is 369 g/mol. The zero-order valence-corrected chi connectivity index (χ0v) is 15.3. The van der Waals surface area contributed by atoms with Crippen molar-refractivity contribution >= 4 is 54.1 Å². The molecule has 0 saturated carbocycles. The van der Waals surface area contributed by atoms with Gasteiger partial charge in [0.1, 0.15) is 11.3 Å². The van der Waals surface area contributed by atoms with E-state index >= 15 is 0 Å². The molecule has 0 spiro atoms. The van der Waals surface area contributed by atoms with E-state index in [1.165, 1.54) is 11.3 Å². The van der Waals surface area contributed by atoms with E-state index in [0.29, 0.717) is 5.13 Å². The highest BCUT2D eigenvalue weighted by Crippen LogP contribution is 2.34. The molecule has 0 saturated heterocycles. The minimum Gasteiger partial charge on any atom is -0.497 e. The summed E-state index contributed by atoms with van der Waals surface area (Å²) in [6.45, 7) is 1.99. The number of hydrogen-bond acceptors (Lipinski definition) is 6. The summed E-state index contributed by atoms with van der Waals surface area (Å²) < 4.78 is 7.34. The summed E-state index contributed by atoms with van der Waals surface area (Å²) in [5, 5.41) is 4.52. The minimum atomic E-state index is -0.0991. The third kappa shape index (κ3) is 3.20. The lowest BCUT2D eigenvalue weighted by Crippen LogP contribution is -2.14. The second-order valence-corrected chi connectivity index (χ2v) is 7.82. The molecule has 2 aromatic heterocycles. The van der Waals surface area contributed by atoms with Gasteiger partial charge in [-0.15, -0.1) is 11.3 Å². The summed E-state index contributed by atoms with van der Waals surface area (Å²) in [6.07, 6.45) is 0.276. The third-order valence-electron chi connectivity index (χ3n) is 3.77. The van der Waals surface area contributed by atoms with Crippen LogP contribution in [0.3, 0.4) is 0 Å². The summed E-state index contributed by atoms with van der Waals surface area (Å²) in [4.78, 5) is 21.4. The van der Waals surface area contributed by atoms with Crippen molar-refractivity contribution in [1.82, 2.24) is 9.97 Å². The number of hydrogen-bond donors (Lipinski definition) is 1. The van der Waals surface area contributed by atoms with Crippen molar-refractivity contribution in [2.45, 2.75) is 13.3 Å². The number of methoxy groups -OCH3 is 1. The van der Waals surface area contributed by atoms with Crippen LogP contribution < -0.4 is 10.1 Å². The molecule has 0 atom stereocenters. The van der Waals surface area contributed by atoms with Crippen LogP contribution in [0.5, 0.6) is 5.75 Å². The van der Waals surface area contributed by atoms with Crippen molar-refractivity contribution in [3.8, 4) is 5.75 Å². The second-order valence-electron chi connectivity index (χ2n) is 5.59. The van der Waals surface area contributed by atoms with E-state index in [9.17, 15) is 4.79 Å². The van der Waals surface area contributed by atoms with Crippen molar-refractivity contribution < 1.29 is 9.53 Å². The number of carbonyl (C=O) groups excluding carboxylic acids is 1. The Bertz CT molecular complexity index is 1080. The molecule has 5 nitrogen and oxygen atoms in total. The molecule has 25 heavy (non-hydrogen) atoms. The summed E-state index contributed by atoms with van der Waals surface area (Å²) in [7, 11) is 1.61. The lowest BCUT2D eigenvalue weighted by Gasteiger charge is -2.04. The standard InChI is InChI=1S/C18H15N3O2S2/c1-10-19-16-14(24-10)7-6-13-17(16)25-18(20-13)21-15(22)9-11-4-3-5-12(8-11)23-2/h3-8H,9H2,1-2H3,(H,20,21,22). The van der Waals surface area contributed by atoms with Gasteiger partial charge in [-0.05, 0) is 36.8 Å². The van der Waals surface area contributed by atoms with Crippen LogP contribution in [0.1, 0.15) is 10.6 Å². The Morgan fingerprint density at radius 2 is 2.08 bits per heavy atom. The molecule has 0 radical (unpaired) electrons. The largest absolute Gasteiger partial charge is 0.497 e. The maximum absolute atomic E-state index is 12.3. The van der Waals surface area contributed by atoms with Gasteiger partial charge >= 0.3 is 0 Å². The average Bonchev–Trinajstić information content (AvgIpc) is 3.16. The van der Waals surface area contributed by atoms with Crippen LogP contribution in [0.25, 0.3) is 20.4 Å². The molecule has 0 bridgehead atoms. The van der Waals surface area contributed by atoms with E-state index in [4.69, 9.17) is 4.74 Å². The first kappa shape index (κ1) is 16.0. The molecule has 2 heterocycles. The molecule has 4 aromatic rings. The Balaban J connectivity index is 1.57. The summed E-state index contributed by atoms with van der Waals surface area (Å²) in [5.41, 5.74) is 2.72. The fourth-order valence-corrected chi connectivity index (χ4v) is 4.55. The maximum Gasteiger partial charge on any atom is 0.230 e. The predicted octanol–water partition coefficient (Wildman–Crippen LogP) is 4.40. The Hall–Kier alpha value is -2.51. The van der Waals surface area contributed by atoms with Crippen LogP contribution in [0, 0.1) is 6.92 Å². The van der Waals surface area contributed by atoms with Crippen LogP contribution in [0.4, 0.5) is 5.13 Å². The molecule has 2 aromatic carbocycles. The summed E-state index contributed by atoms with van der Waals surface area (Å²) in [5.74, 6) is 0.643. The van der Waals surface area contributed by atoms with Gasteiger partial charge in [0.15, 0.2) is 5.13 Å². The Morgan fingerprint density at radius 1 is 1.20 bits per heavy atom. The topological polar surface area (TPSA) is 64.1 Å². The number of nitrogens with one attached hydrogen (secondary N) is 1. The van der Waals surface area contributed by atoms with Crippen molar-refractivity contribution in [3.05, 3.63) is 47.0 Å². The first-order chi connectivity index (χ1) is 12.1. The van der Waals surface area contributed by atoms with E-state index < -0.39 is 0 Å². The van der Waals surface area contributed by atoms with Gasteiger partial charge in [0.2, 0.25) is 5.91 Å². The Morgan fingerprint density at radius 3 is 2.92 bits per heavy atom. The molecule has 0 unspecified atom stereocenters. The second kappa shape index (κ2) is 6.42. The van der Waals surface area contributed by atoms with Crippen LogP contribution >= 0.6 is 22.7 Å². The quantitative estimate of drug-likeness (QED) is 0.579. The van der Waals surface area contributed by atoms with Crippen LogP contribution in [-0.2, 0) is 11.2 Å². The number of aromatic nitrogens is 2. The summed E-state index contributed by atoms with van der Waals surface area (Å²) in [6, 6.07) is 11.5. The first-order valence-electron chi connectivity index (χ1n) is 7.72. The molecular formula is C18H15N3O2S2. The molecule has 4 rings (SSSR count). The number of anilines is 1. The molecule has 0 aliphatic heterocycles. The number of carbonyl (C=O) groups is 1. The molecule has 0 aliphatic rings. The molecule has 0 aliphatic carbocycles. The van der Waals surface area contributed by atoms with Crippen molar-refractivity contribution in [2.24, 2.45) is 0 Å². The molecule has 1 N–H and O–H groups in total. The van der Waals surface area contributed by atoms with Crippen molar-refractivity contribution in [2.75, 3.05) is 12.4 Å². The normalized spacial score (nSPS) is 11.1.